The first-order chi connectivity index (χ1) is 13.3. The van der Waals surface area contributed by atoms with Gasteiger partial charge in [0.15, 0.2) is 6.19 Å². The zero-order valence-corrected chi connectivity index (χ0v) is 16.0. The SMILES string of the molecule is CC1(C)Oc2ccc(C#N)cc2[C@H](N=C(NC#N)Nc2ccc(Cl)cc2)[C@H]1O. The molecule has 0 amide bonds. The Morgan fingerprint density at radius 1 is 1.21 bits per heavy atom. The van der Waals surface area contributed by atoms with Crippen molar-refractivity contribution in [1.82, 2.24) is 5.32 Å². The Morgan fingerprint density at radius 3 is 2.57 bits per heavy atom. The Hall–Kier alpha value is -3.26. The van der Waals surface area contributed by atoms with Crippen LogP contribution in [0.1, 0.15) is 31.0 Å². The second kappa shape index (κ2) is 7.77. The van der Waals surface area contributed by atoms with Crippen LogP contribution in [0.5, 0.6) is 5.75 Å². The molecule has 28 heavy (non-hydrogen) atoms. The zero-order chi connectivity index (χ0) is 20.3. The van der Waals surface area contributed by atoms with Crippen molar-refractivity contribution in [2.24, 2.45) is 4.99 Å². The fraction of sp³-hybridized carbons (Fsp3) is 0.250. The Labute approximate surface area is 167 Å². The first kappa shape index (κ1) is 19.5. The van der Waals surface area contributed by atoms with Gasteiger partial charge in [0.1, 0.15) is 23.5 Å². The third-order valence-electron chi connectivity index (χ3n) is 4.39. The number of aliphatic hydroxyl groups is 1. The van der Waals surface area contributed by atoms with E-state index < -0.39 is 17.7 Å². The topological polar surface area (TPSA) is 113 Å². The van der Waals surface area contributed by atoms with Crippen molar-refractivity contribution >= 4 is 23.2 Å². The summed E-state index contributed by atoms with van der Waals surface area (Å²) in [6, 6.07) is 13.2. The number of aliphatic hydroxyl groups excluding tert-OH is 1. The predicted octanol–water partition coefficient (Wildman–Crippen LogP) is 3.32. The van der Waals surface area contributed by atoms with Crippen LogP contribution in [0.3, 0.4) is 0 Å². The summed E-state index contributed by atoms with van der Waals surface area (Å²) in [6.45, 7) is 3.51. The van der Waals surface area contributed by atoms with Crippen LogP contribution >= 0.6 is 11.6 Å². The maximum atomic E-state index is 10.9. The number of nitrogens with zero attached hydrogens (tertiary/aromatic N) is 3. The molecule has 0 bridgehead atoms. The molecule has 3 rings (SSSR count). The largest absolute Gasteiger partial charge is 0.485 e. The van der Waals surface area contributed by atoms with E-state index in [0.717, 1.165) is 0 Å². The van der Waals surface area contributed by atoms with Crippen LogP contribution in [0.4, 0.5) is 5.69 Å². The molecule has 142 valence electrons. The highest BCUT2D eigenvalue weighted by Gasteiger charge is 2.43. The lowest BCUT2D eigenvalue weighted by atomic mass is 9.86. The van der Waals surface area contributed by atoms with Crippen molar-refractivity contribution < 1.29 is 9.84 Å². The number of halogens is 1. The Morgan fingerprint density at radius 2 is 1.93 bits per heavy atom. The number of hydrogen-bond acceptors (Lipinski definition) is 5. The molecule has 0 aromatic heterocycles. The maximum Gasteiger partial charge on any atom is 0.209 e. The second-order valence-electron chi connectivity index (χ2n) is 6.81. The van der Waals surface area contributed by atoms with E-state index in [1.165, 1.54) is 0 Å². The van der Waals surface area contributed by atoms with Crippen LogP contribution in [-0.2, 0) is 0 Å². The number of guanidine groups is 1. The van der Waals surface area contributed by atoms with Crippen molar-refractivity contribution in [3.63, 3.8) is 0 Å². The van der Waals surface area contributed by atoms with E-state index in [4.69, 9.17) is 21.6 Å². The highest BCUT2D eigenvalue weighted by molar-refractivity contribution is 6.30. The van der Waals surface area contributed by atoms with Gasteiger partial charge < -0.3 is 15.2 Å². The molecule has 2 aromatic carbocycles. The first-order valence-corrected chi connectivity index (χ1v) is 8.88. The van der Waals surface area contributed by atoms with Gasteiger partial charge in [0.05, 0.1) is 11.6 Å². The second-order valence-corrected chi connectivity index (χ2v) is 7.24. The highest BCUT2D eigenvalue weighted by Crippen LogP contribution is 2.42. The summed E-state index contributed by atoms with van der Waals surface area (Å²) < 4.78 is 5.89. The number of fused-ring (bicyclic) bond motifs is 1. The molecular weight excluding hydrogens is 378 g/mol. The molecule has 2 aromatic rings. The molecule has 2 atom stereocenters. The number of rotatable bonds is 2. The number of benzene rings is 2. The van der Waals surface area contributed by atoms with Gasteiger partial charge in [0.2, 0.25) is 5.96 Å². The molecule has 3 N–H and O–H groups in total. The van der Waals surface area contributed by atoms with E-state index in [2.05, 4.69) is 21.7 Å². The van der Waals surface area contributed by atoms with E-state index in [1.54, 1.807) is 56.3 Å². The predicted molar refractivity (Wildman–Crippen MR) is 106 cm³/mol. The molecule has 1 aliphatic rings. The number of ether oxygens (including phenoxy) is 1. The van der Waals surface area contributed by atoms with Crippen LogP contribution in [0, 0.1) is 22.8 Å². The molecule has 0 unspecified atom stereocenters. The van der Waals surface area contributed by atoms with E-state index in [-0.39, 0.29) is 5.96 Å². The molecule has 7 nitrogen and oxygen atoms in total. The fourth-order valence-corrected chi connectivity index (χ4v) is 3.06. The average molecular weight is 396 g/mol. The normalized spacial score (nSPS) is 20.1. The van der Waals surface area contributed by atoms with Crippen LogP contribution in [0.25, 0.3) is 0 Å². The maximum absolute atomic E-state index is 10.9. The van der Waals surface area contributed by atoms with Crippen molar-refractivity contribution in [3.8, 4) is 18.0 Å². The van der Waals surface area contributed by atoms with Gasteiger partial charge in [-0.1, -0.05) is 11.6 Å². The summed E-state index contributed by atoms with van der Waals surface area (Å²) >= 11 is 5.90. The smallest absolute Gasteiger partial charge is 0.209 e. The summed E-state index contributed by atoms with van der Waals surface area (Å²) in [7, 11) is 0. The third kappa shape index (κ3) is 4.01. The number of nitriles is 2. The lowest BCUT2D eigenvalue weighted by Gasteiger charge is -2.40. The molecule has 0 spiro atoms. The van der Waals surface area contributed by atoms with Gasteiger partial charge >= 0.3 is 0 Å². The summed E-state index contributed by atoms with van der Waals surface area (Å²) in [5.41, 5.74) is 0.751. The van der Waals surface area contributed by atoms with Gasteiger partial charge in [-0.25, -0.2) is 4.99 Å². The third-order valence-corrected chi connectivity index (χ3v) is 4.64. The Bertz CT molecular complexity index is 989. The molecular formula is C20H18ClN5O2. The van der Waals surface area contributed by atoms with E-state index in [9.17, 15) is 10.4 Å². The van der Waals surface area contributed by atoms with Crippen molar-refractivity contribution in [2.45, 2.75) is 31.6 Å². The number of nitrogens with one attached hydrogen (secondary N) is 2. The van der Waals surface area contributed by atoms with Gasteiger partial charge in [-0.2, -0.15) is 10.5 Å². The van der Waals surface area contributed by atoms with Gasteiger partial charge in [-0.3, -0.25) is 5.32 Å². The average Bonchev–Trinajstić information content (AvgIpc) is 2.67. The van der Waals surface area contributed by atoms with Crippen LogP contribution in [0.2, 0.25) is 5.02 Å². The minimum absolute atomic E-state index is 0.153. The highest BCUT2D eigenvalue weighted by atomic mass is 35.5. The molecule has 1 aliphatic heterocycles. The van der Waals surface area contributed by atoms with Crippen LogP contribution in [0.15, 0.2) is 47.5 Å². The van der Waals surface area contributed by atoms with E-state index >= 15 is 0 Å². The molecule has 0 saturated heterocycles. The molecule has 0 saturated carbocycles. The minimum atomic E-state index is -1.00. The van der Waals surface area contributed by atoms with E-state index in [1.807, 2.05) is 6.19 Å². The quantitative estimate of drug-likeness (QED) is 0.311. The monoisotopic (exact) mass is 395 g/mol. The Balaban J connectivity index is 2.03. The fourth-order valence-electron chi connectivity index (χ4n) is 2.93. The lowest BCUT2D eigenvalue weighted by Crippen LogP contribution is -2.49. The summed E-state index contributed by atoms with van der Waals surface area (Å²) in [4.78, 5) is 4.54. The van der Waals surface area contributed by atoms with Crippen molar-refractivity contribution in [3.05, 3.63) is 58.6 Å². The summed E-state index contributed by atoms with van der Waals surface area (Å²) in [6.07, 6.45) is 0.833. The van der Waals surface area contributed by atoms with Gasteiger partial charge in [0.25, 0.3) is 0 Å². The lowest BCUT2D eigenvalue weighted by molar-refractivity contribution is -0.0567. The van der Waals surface area contributed by atoms with E-state index in [0.29, 0.717) is 27.6 Å². The molecule has 0 aliphatic carbocycles. The summed E-state index contributed by atoms with van der Waals surface area (Å²) in [5, 5.41) is 35.2. The Kier molecular flexibility index (Phi) is 5.41. The zero-order valence-electron chi connectivity index (χ0n) is 15.3. The molecule has 0 radical (unpaired) electrons. The molecule has 8 heteroatoms. The molecule has 0 fully saturated rings. The number of aliphatic imine (C=N–C) groups is 1. The van der Waals surface area contributed by atoms with Crippen molar-refractivity contribution in [2.75, 3.05) is 5.32 Å². The van der Waals surface area contributed by atoms with Crippen LogP contribution < -0.4 is 15.4 Å². The number of hydrogen-bond donors (Lipinski definition) is 3. The minimum Gasteiger partial charge on any atom is -0.485 e. The first-order valence-electron chi connectivity index (χ1n) is 8.50. The summed E-state index contributed by atoms with van der Waals surface area (Å²) in [5.74, 6) is 0.686. The molecule has 1 heterocycles. The van der Waals surface area contributed by atoms with Crippen molar-refractivity contribution in [1.29, 1.82) is 10.5 Å². The van der Waals surface area contributed by atoms with Gasteiger partial charge in [0, 0.05) is 16.3 Å². The van der Waals surface area contributed by atoms with Gasteiger partial charge in [-0.15, -0.1) is 0 Å². The van der Waals surface area contributed by atoms with Crippen LogP contribution in [-0.4, -0.2) is 22.8 Å². The number of anilines is 1. The van der Waals surface area contributed by atoms with Gasteiger partial charge in [-0.05, 0) is 56.3 Å². The standard InChI is InChI=1S/C20H18ClN5O2/c1-20(2)18(27)17(15-9-12(10-22)3-8-16(15)28-20)26-19(24-11-23)25-14-6-4-13(21)5-7-14/h3-9,17-18,27H,1-2H3,(H2,24,25,26)/t17-,18+/m0/s1.